The molecule has 0 fully saturated rings. The van der Waals surface area contributed by atoms with E-state index in [2.05, 4.69) is 50.1 Å². The van der Waals surface area contributed by atoms with Crippen molar-refractivity contribution in [2.75, 3.05) is 31.6 Å². The first-order valence-electron chi connectivity index (χ1n) is 11.5. The van der Waals surface area contributed by atoms with E-state index in [1.54, 1.807) is 0 Å². The number of allylic oxidation sites excluding steroid dienone is 4. The van der Waals surface area contributed by atoms with Gasteiger partial charge in [-0.25, -0.2) is 0 Å². The van der Waals surface area contributed by atoms with Crippen LogP contribution in [-0.2, 0) is 0 Å². The highest BCUT2D eigenvalue weighted by molar-refractivity contribution is 8.76. The van der Waals surface area contributed by atoms with Crippen molar-refractivity contribution in [3.63, 3.8) is 0 Å². The lowest BCUT2D eigenvalue weighted by molar-refractivity contribution is 0.343. The molecule has 0 unspecified atom stereocenters. The topological polar surface area (TPSA) is 3.24 Å². The van der Waals surface area contributed by atoms with Crippen molar-refractivity contribution in [2.45, 2.75) is 97.3 Å². The lowest BCUT2D eigenvalue weighted by Crippen LogP contribution is -2.22. The van der Waals surface area contributed by atoms with E-state index in [0.29, 0.717) is 0 Å². The summed E-state index contributed by atoms with van der Waals surface area (Å²) in [6, 6.07) is 0. The smallest absolute Gasteiger partial charge is 0.0165 e. The molecule has 0 aromatic heterocycles. The maximum Gasteiger partial charge on any atom is 0.0165 e. The third-order valence-corrected chi connectivity index (χ3v) is 7.26. The minimum Gasteiger partial charge on any atom is -0.306 e. The van der Waals surface area contributed by atoms with Crippen molar-refractivity contribution in [3.05, 3.63) is 24.3 Å². The zero-order valence-corrected chi connectivity index (χ0v) is 20.2. The van der Waals surface area contributed by atoms with Crippen LogP contribution >= 0.6 is 21.6 Å². The van der Waals surface area contributed by atoms with Crippen molar-refractivity contribution in [2.24, 2.45) is 0 Å². The van der Waals surface area contributed by atoms with E-state index in [0.717, 1.165) is 6.42 Å². The van der Waals surface area contributed by atoms with Gasteiger partial charge in [0.25, 0.3) is 0 Å². The molecule has 0 amide bonds. The number of rotatable bonds is 21. The van der Waals surface area contributed by atoms with Crippen molar-refractivity contribution in [1.29, 1.82) is 0 Å². The Labute approximate surface area is 179 Å². The summed E-state index contributed by atoms with van der Waals surface area (Å²) in [6.07, 6.45) is 26.7. The Kier molecular flexibility index (Phi) is 24.3. The highest BCUT2D eigenvalue weighted by atomic mass is 33.1. The molecule has 0 heterocycles. The second kappa shape index (κ2) is 24.2. The number of nitrogens with zero attached hydrogens (tertiary/aromatic N) is 1. The van der Waals surface area contributed by atoms with Gasteiger partial charge in [-0.3, -0.25) is 0 Å². The summed E-state index contributed by atoms with van der Waals surface area (Å²) < 4.78 is 0. The zero-order valence-electron chi connectivity index (χ0n) is 18.6. The highest BCUT2D eigenvalue weighted by Crippen LogP contribution is 2.21. The fourth-order valence-corrected chi connectivity index (χ4v) is 5.10. The fraction of sp³-hybridized carbons (Fsp3) is 0.833. The largest absolute Gasteiger partial charge is 0.306 e. The maximum absolute atomic E-state index is 2.50. The third-order valence-electron chi connectivity index (χ3n) is 4.67. The molecule has 0 saturated heterocycles. The summed E-state index contributed by atoms with van der Waals surface area (Å²) >= 11 is 0. The molecule has 0 atom stereocenters. The summed E-state index contributed by atoms with van der Waals surface area (Å²) in [4.78, 5) is 2.50. The van der Waals surface area contributed by atoms with Gasteiger partial charge in [-0.15, -0.1) is 0 Å². The van der Waals surface area contributed by atoms with Crippen LogP contribution in [0.5, 0.6) is 0 Å². The van der Waals surface area contributed by atoms with Gasteiger partial charge in [0.1, 0.15) is 0 Å². The summed E-state index contributed by atoms with van der Waals surface area (Å²) in [5.74, 6) is 2.56. The quantitative estimate of drug-likeness (QED) is 0.105. The Morgan fingerprint density at radius 2 is 1.19 bits per heavy atom. The Morgan fingerprint density at radius 1 is 0.593 bits per heavy atom. The highest BCUT2D eigenvalue weighted by Gasteiger charge is 1.99. The van der Waals surface area contributed by atoms with Gasteiger partial charge in [0.05, 0.1) is 0 Å². The van der Waals surface area contributed by atoms with Crippen molar-refractivity contribution in [1.82, 2.24) is 4.90 Å². The molecule has 0 bridgehead atoms. The minimum absolute atomic E-state index is 1.12. The molecule has 0 saturated carbocycles. The molecule has 0 aromatic carbocycles. The zero-order chi connectivity index (χ0) is 19.8. The molecule has 1 nitrogen and oxygen atoms in total. The van der Waals surface area contributed by atoms with E-state index < -0.39 is 0 Å². The van der Waals surface area contributed by atoms with Crippen LogP contribution in [0.2, 0.25) is 0 Å². The van der Waals surface area contributed by atoms with E-state index in [4.69, 9.17) is 0 Å². The van der Waals surface area contributed by atoms with Gasteiger partial charge < -0.3 is 4.90 Å². The average Bonchev–Trinajstić information content (AvgIpc) is 2.67. The van der Waals surface area contributed by atoms with Crippen LogP contribution in [0.1, 0.15) is 97.3 Å². The second-order valence-electron chi connectivity index (χ2n) is 7.53. The average molecular weight is 414 g/mol. The molecule has 0 aliphatic rings. The molecular formula is C24H47NS2. The Balaban J connectivity index is 3.22. The first-order chi connectivity index (χ1) is 13.3. The van der Waals surface area contributed by atoms with Gasteiger partial charge in [-0.05, 0) is 58.5 Å². The number of hydrogen-bond donors (Lipinski definition) is 0. The predicted octanol–water partition coefficient (Wildman–Crippen LogP) is 8.52. The number of hydrogen-bond acceptors (Lipinski definition) is 3. The molecule has 27 heavy (non-hydrogen) atoms. The van der Waals surface area contributed by atoms with Gasteiger partial charge in [0.2, 0.25) is 0 Å². The standard InChI is InChI=1S/C24H47NS2/c1-4-6-7-8-9-10-11-12-13-14-15-16-17-18-19-20-21-25(3)22-24-27-26-23-5-2/h9-10,12-13H,4-8,11,14-24H2,1-3H3/b10-9-,13-12-. The SMILES string of the molecule is CCCCC/C=C\C/C=C\CCCCCCCCN(C)CCSSCCC. The normalized spacial score (nSPS) is 12.1. The van der Waals surface area contributed by atoms with Crippen LogP contribution in [0, 0.1) is 0 Å². The Bertz CT molecular complexity index is 328. The minimum atomic E-state index is 1.12. The molecule has 160 valence electrons. The van der Waals surface area contributed by atoms with Crippen LogP contribution in [0.4, 0.5) is 0 Å². The summed E-state index contributed by atoms with van der Waals surface area (Å²) in [7, 11) is 6.34. The lowest BCUT2D eigenvalue weighted by Gasteiger charge is -2.15. The van der Waals surface area contributed by atoms with E-state index in [1.165, 1.54) is 102 Å². The van der Waals surface area contributed by atoms with E-state index in [9.17, 15) is 0 Å². The fourth-order valence-electron chi connectivity index (χ4n) is 2.88. The monoisotopic (exact) mass is 413 g/mol. The van der Waals surface area contributed by atoms with Crippen LogP contribution < -0.4 is 0 Å². The molecule has 0 N–H and O–H groups in total. The molecule has 0 radical (unpaired) electrons. The second-order valence-corrected chi connectivity index (χ2v) is 10.2. The van der Waals surface area contributed by atoms with Crippen molar-refractivity contribution >= 4 is 21.6 Å². The molecule has 0 aliphatic heterocycles. The molecule has 0 aromatic rings. The summed E-state index contributed by atoms with van der Waals surface area (Å²) in [5, 5.41) is 0. The lowest BCUT2D eigenvalue weighted by atomic mass is 10.1. The maximum atomic E-state index is 2.50. The van der Waals surface area contributed by atoms with Gasteiger partial charge in [0.15, 0.2) is 0 Å². The van der Waals surface area contributed by atoms with E-state index in [-0.39, 0.29) is 0 Å². The molecule has 0 aliphatic carbocycles. The van der Waals surface area contributed by atoms with Gasteiger partial charge in [0, 0.05) is 18.1 Å². The first-order valence-corrected chi connectivity index (χ1v) is 14.0. The molecule has 3 heteroatoms. The van der Waals surface area contributed by atoms with Crippen LogP contribution in [-0.4, -0.2) is 36.5 Å². The molecule has 0 spiro atoms. The summed E-state index contributed by atoms with van der Waals surface area (Å²) in [6.45, 7) is 7.03. The van der Waals surface area contributed by atoms with Gasteiger partial charge in [-0.1, -0.05) is 98.3 Å². The third kappa shape index (κ3) is 24.1. The van der Waals surface area contributed by atoms with Gasteiger partial charge in [-0.2, -0.15) is 0 Å². The van der Waals surface area contributed by atoms with Crippen LogP contribution in [0.25, 0.3) is 0 Å². The van der Waals surface area contributed by atoms with Crippen LogP contribution in [0.15, 0.2) is 24.3 Å². The summed E-state index contributed by atoms with van der Waals surface area (Å²) in [5.41, 5.74) is 0. The predicted molar refractivity (Wildman–Crippen MR) is 132 cm³/mol. The molecular weight excluding hydrogens is 366 g/mol. The number of unbranched alkanes of at least 4 members (excludes halogenated alkanes) is 9. The molecule has 0 rings (SSSR count). The Hall–Kier alpha value is 0.140. The van der Waals surface area contributed by atoms with Crippen molar-refractivity contribution < 1.29 is 0 Å². The first kappa shape index (κ1) is 27.1. The van der Waals surface area contributed by atoms with E-state index >= 15 is 0 Å². The van der Waals surface area contributed by atoms with Crippen molar-refractivity contribution in [3.8, 4) is 0 Å². The van der Waals surface area contributed by atoms with Gasteiger partial charge >= 0.3 is 0 Å². The van der Waals surface area contributed by atoms with E-state index in [1.807, 2.05) is 21.6 Å². The van der Waals surface area contributed by atoms with Crippen LogP contribution in [0.3, 0.4) is 0 Å². The Morgan fingerprint density at radius 3 is 1.85 bits per heavy atom.